The maximum Gasteiger partial charge on any atom is 0.322 e. The van der Waals surface area contributed by atoms with E-state index in [1.165, 1.54) is 4.90 Å². The Balaban J connectivity index is 1.62. The molecule has 0 aliphatic carbocycles. The van der Waals surface area contributed by atoms with Crippen molar-refractivity contribution in [3.8, 4) is 11.4 Å². The average Bonchev–Trinajstić information content (AvgIpc) is 3.21. The molecular weight excluding hydrogens is 338 g/mol. The van der Waals surface area contributed by atoms with E-state index in [-0.39, 0.29) is 12.3 Å². The van der Waals surface area contributed by atoms with Crippen molar-refractivity contribution in [3.05, 3.63) is 42.2 Å². The van der Waals surface area contributed by atoms with Gasteiger partial charge < -0.3 is 15.0 Å². The Kier molecular flexibility index (Phi) is 4.87. The van der Waals surface area contributed by atoms with Gasteiger partial charge in [-0.3, -0.25) is 14.9 Å². The van der Waals surface area contributed by atoms with Gasteiger partial charge in [0.2, 0.25) is 5.91 Å². The zero-order valence-corrected chi connectivity index (χ0v) is 14.4. The fourth-order valence-electron chi connectivity index (χ4n) is 2.63. The molecule has 0 radical (unpaired) electrons. The van der Waals surface area contributed by atoms with Gasteiger partial charge in [0.1, 0.15) is 11.8 Å². The zero-order valence-electron chi connectivity index (χ0n) is 14.4. The molecule has 1 aromatic heterocycles. The predicted octanol–water partition coefficient (Wildman–Crippen LogP) is 0.437. The van der Waals surface area contributed by atoms with Crippen LogP contribution in [0.4, 0.5) is 4.79 Å². The molecule has 1 fully saturated rings. The van der Waals surface area contributed by atoms with Gasteiger partial charge in [-0.15, -0.1) is 0 Å². The Morgan fingerprint density at radius 3 is 2.88 bits per heavy atom. The molecular formula is C17H19N5O4. The molecule has 0 bridgehead atoms. The molecule has 1 aliphatic heterocycles. The molecule has 9 heteroatoms. The van der Waals surface area contributed by atoms with Gasteiger partial charge in [-0.2, -0.15) is 5.10 Å². The van der Waals surface area contributed by atoms with E-state index < -0.39 is 18.0 Å². The fourth-order valence-corrected chi connectivity index (χ4v) is 2.63. The molecule has 4 amide bonds. The number of aromatic nitrogens is 2. The normalized spacial score (nSPS) is 16.2. The van der Waals surface area contributed by atoms with E-state index in [9.17, 15) is 14.4 Å². The number of imide groups is 1. The van der Waals surface area contributed by atoms with Crippen molar-refractivity contribution < 1.29 is 19.1 Å². The monoisotopic (exact) mass is 357 g/mol. The summed E-state index contributed by atoms with van der Waals surface area (Å²) in [5, 5.41) is 8.82. The Labute approximate surface area is 149 Å². The summed E-state index contributed by atoms with van der Waals surface area (Å²) in [6.07, 6.45) is 3.41. The first kappa shape index (κ1) is 17.5. The largest absolute Gasteiger partial charge is 0.497 e. The number of hydrogen-bond donors (Lipinski definition) is 2. The summed E-state index contributed by atoms with van der Waals surface area (Å²) in [5.74, 6) is -0.00666. The van der Waals surface area contributed by atoms with Crippen LogP contribution in [-0.2, 0) is 16.1 Å². The highest BCUT2D eigenvalue weighted by atomic mass is 16.5. The summed E-state index contributed by atoms with van der Waals surface area (Å²) in [6.45, 7) is 0.338. The van der Waals surface area contributed by atoms with Gasteiger partial charge in [0, 0.05) is 31.4 Å². The smallest absolute Gasteiger partial charge is 0.322 e. The van der Waals surface area contributed by atoms with Crippen molar-refractivity contribution in [3.63, 3.8) is 0 Å². The Morgan fingerprint density at radius 2 is 2.19 bits per heavy atom. The second-order valence-corrected chi connectivity index (χ2v) is 5.96. The third-order valence-electron chi connectivity index (χ3n) is 4.04. The Hall–Kier alpha value is -3.36. The van der Waals surface area contributed by atoms with E-state index in [1.807, 2.05) is 30.5 Å². The lowest BCUT2D eigenvalue weighted by atomic mass is 10.2. The third kappa shape index (κ3) is 3.82. The van der Waals surface area contributed by atoms with Gasteiger partial charge in [0.15, 0.2) is 0 Å². The number of amides is 4. The lowest BCUT2D eigenvalue weighted by Crippen LogP contribution is -2.36. The van der Waals surface area contributed by atoms with Crippen molar-refractivity contribution in [2.75, 3.05) is 14.2 Å². The van der Waals surface area contributed by atoms with E-state index in [0.717, 1.165) is 17.0 Å². The number of carbonyl (C=O) groups excluding carboxylic acids is 3. The van der Waals surface area contributed by atoms with Gasteiger partial charge in [0.25, 0.3) is 5.91 Å². The number of urea groups is 1. The molecule has 2 N–H and O–H groups in total. The number of rotatable bonds is 6. The molecule has 9 nitrogen and oxygen atoms in total. The molecule has 3 rings (SSSR count). The molecule has 0 spiro atoms. The molecule has 1 atom stereocenters. The summed E-state index contributed by atoms with van der Waals surface area (Å²) in [7, 11) is 3.24. The van der Waals surface area contributed by atoms with Crippen LogP contribution in [-0.4, -0.2) is 52.7 Å². The van der Waals surface area contributed by atoms with Crippen LogP contribution in [0, 0.1) is 0 Å². The van der Waals surface area contributed by atoms with Crippen LogP contribution in [0.15, 0.2) is 36.7 Å². The van der Waals surface area contributed by atoms with Crippen LogP contribution in [0.25, 0.3) is 5.69 Å². The van der Waals surface area contributed by atoms with Gasteiger partial charge in [-0.05, 0) is 12.1 Å². The van der Waals surface area contributed by atoms with Crippen molar-refractivity contribution in [1.29, 1.82) is 0 Å². The van der Waals surface area contributed by atoms with Crippen LogP contribution in [0.2, 0.25) is 0 Å². The maximum absolute atomic E-state index is 12.3. The number of nitrogens with one attached hydrogen (secondary N) is 2. The minimum atomic E-state index is -0.822. The minimum absolute atomic E-state index is 0.0852. The van der Waals surface area contributed by atoms with Crippen LogP contribution in [0.5, 0.6) is 5.75 Å². The second-order valence-electron chi connectivity index (χ2n) is 5.96. The number of carbonyl (C=O) groups is 3. The quantitative estimate of drug-likeness (QED) is 0.730. The first-order valence-electron chi connectivity index (χ1n) is 7.99. The van der Waals surface area contributed by atoms with Gasteiger partial charge >= 0.3 is 6.03 Å². The summed E-state index contributed by atoms with van der Waals surface area (Å²) in [6, 6.07) is 6.07. The predicted molar refractivity (Wildman–Crippen MR) is 91.7 cm³/mol. The lowest BCUT2D eigenvalue weighted by molar-refractivity contribution is -0.133. The average molecular weight is 357 g/mol. The highest BCUT2D eigenvalue weighted by Gasteiger charge is 2.32. The van der Waals surface area contributed by atoms with E-state index in [4.69, 9.17) is 4.74 Å². The molecule has 2 heterocycles. The third-order valence-corrected chi connectivity index (χ3v) is 4.04. The molecule has 136 valence electrons. The molecule has 0 unspecified atom stereocenters. The number of nitrogens with zero attached hydrogens (tertiary/aromatic N) is 3. The summed E-state index contributed by atoms with van der Waals surface area (Å²) in [4.78, 5) is 36.4. The van der Waals surface area contributed by atoms with Crippen molar-refractivity contribution in [1.82, 2.24) is 25.3 Å². The van der Waals surface area contributed by atoms with Gasteiger partial charge in [-0.25, -0.2) is 9.48 Å². The van der Waals surface area contributed by atoms with Crippen molar-refractivity contribution in [2.45, 2.75) is 19.0 Å². The standard InChI is InChI=1S/C17H19N5O4/c1-21(15(23)7-14-16(24)20-17(25)19-14)9-11-8-18-22(10-11)12-4-3-5-13(6-12)26-2/h3-6,8,10,14H,7,9H2,1-2H3,(H2,19,20,24,25)/t14-/m0/s1. The number of hydrogen-bond acceptors (Lipinski definition) is 5. The fraction of sp³-hybridized carbons (Fsp3) is 0.294. The first-order valence-corrected chi connectivity index (χ1v) is 7.99. The summed E-state index contributed by atoms with van der Waals surface area (Å²) >= 11 is 0. The maximum atomic E-state index is 12.3. The van der Waals surface area contributed by atoms with Gasteiger partial charge in [-0.1, -0.05) is 6.07 Å². The molecule has 1 saturated heterocycles. The summed E-state index contributed by atoms with van der Waals surface area (Å²) in [5.41, 5.74) is 1.68. The number of ether oxygens (including phenoxy) is 1. The molecule has 1 aliphatic rings. The van der Waals surface area contributed by atoms with Crippen molar-refractivity contribution >= 4 is 17.8 Å². The first-order chi connectivity index (χ1) is 12.5. The summed E-state index contributed by atoms with van der Waals surface area (Å²) < 4.78 is 6.90. The second kappa shape index (κ2) is 7.26. The van der Waals surface area contributed by atoms with E-state index >= 15 is 0 Å². The Bertz CT molecular complexity index is 847. The number of benzene rings is 1. The van der Waals surface area contributed by atoms with Crippen LogP contribution in [0.3, 0.4) is 0 Å². The Morgan fingerprint density at radius 1 is 1.38 bits per heavy atom. The molecule has 1 aromatic carbocycles. The topological polar surface area (TPSA) is 106 Å². The number of methoxy groups -OCH3 is 1. The van der Waals surface area contributed by atoms with Crippen LogP contribution < -0.4 is 15.4 Å². The van der Waals surface area contributed by atoms with Crippen LogP contribution >= 0.6 is 0 Å². The van der Waals surface area contributed by atoms with Crippen molar-refractivity contribution in [2.24, 2.45) is 0 Å². The van der Waals surface area contributed by atoms with E-state index in [2.05, 4.69) is 15.7 Å². The lowest BCUT2D eigenvalue weighted by Gasteiger charge is -2.17. The minimum Gasteiger partial charge on any atom is -0.497 e. The SMILES string of the molecule is COc1cccc(-n2cc(CN(C)C(=O)C[C@@H]3NC(=O)NC3=O)cn2)c1. The van der Waals surface area contributed by atoms with Crippen LogP contribution in [0.1, 0.15) is 12.0 Å². The van der Waals surface area contributed by atoms with Gasteiger partial charge in [0.05, 0.1) is 25.4 Å². The molecule has 0 saturated carbocycles. The molecule has 2 aromatic rings. The van der Waals surface area contributed by atoms with E-state index in [1.54, 1.807) is 25.0 Å². The highest BCUT2D eigenvalue weighted by molar-refractivity contribution is 6.05. The highest BCUT2D eigenvalue weighted by Crippen LogP contribution is 2.16. The zero-order chi connectivity index (χ0) is 18.7. The van der Waals surface area contributed by atoms with E-state index in [0.29, 0.717) is 6.54 Å². The molecule has 26 heavy (non-hydrogen) atoms.